The van der Waals surface area contributed by atoms with Crippen molar-refractivity contribution in [2.75, 3.05) is 19.6 Å². The lowest BCUT2D eigenvalue weighted by molar-refractivity contribution is -0.126. The number of benzene rings is 1. The van der Waals surface area contributed by atoms with Gasteiger partial charge in [0, 0.05) is 25.2 Å². The number of hydrogen-bond acceptors (Lipinski definition) is 4. The first-order valence-corrected chi connectivity index (χ1v) is 9.51. The van der Waals surface area contributed by atoms with E-state index in [2.05, 4.69) is 10.3 Å². The number of nitrogens with one attached hydrogen (secondary N) is 1. The fourth-order valence-electron chi connectivity index (χ4n) is 3.14. The van der Waals surface area contributed by atoms with Gasteiger partial charge < -0.3 is 10.2 Å². The van der Waals surface area contributed by atoms with Crippen molar-refractivity contribution in [2.45, 2.75) is 26.7 Å². The number of aromatic nitrogens is 1. The number of piperidine rings is 1. The Morgan fingerprint density at radius 2 is 2.08 bits per heavy atom. The van der Waals surface area contributed by atoms with E-state index in [1.54, 1.807) is 4.90 Å². The fraction of sp³-hybridized carbons (Fsp3) is 0.421. The molecule has 132 valence electrons. The van der Waals surface area contributed by atoms with Crippen LogP contribution in [-0.4, -0.2) is 41.3 Å². The summed E-state index contributed by atoms with van der Waals surface area (Å²) in [6, 6.07) is 9.90. The van der Waals surface area contributed by atoms with Crippen molar-refractivity contribution in [3.63, 3.8) is 0 Å². The summed E-state index contributed by atoms with van der Waals surface area (Å²) in [5.74, 6) is -0.0725. The Kier molecular flexibility index (Phi) is 5.48. The van der Waals surface area contributed by atoms with Gasteiger partial charge in [-0.15, -0.1) is 11.3 Å². The van der Waals surface area contributed by atoms with E-state index in [4.69, 9.17) is 0 Å². The van der Waals surface area contributed by atoms with E-state index in [1.807, 2.05) is 44.2 Å². The van der Waals surface area contributed by atoms with E-state index in [9.17, 15) is 9.59 Å². The number of hydrogen-bond donors (Lipinski definition) is 1. The van der Waals surface area contributed by atoms with Gasteiger partial charge in [0.15, 0.2) is 0 Å². The quantitative estimate of drug-likeness (QED) is 0.914. The highest BCUT2D eigenvalue weighted by Crippen LogP contribution is 2.29. The molecule has 1 unspecified atom stereocenters. The highest BCUT2D eigenvalue weighted by Gasteiger charge is 2.30. The van der Waals surface area contributed by atoms with Crippen molar-refractivity contribution in [3.05, 3.63) is 40.9 Å². The van der Waals surface area contributed by atoms with Gasteiger partial charge in [-0.3, -0.25) is 9.59 Å². The van der Waals surface area contributed by atoms with Crippen LogP contribution in [0.1, 0.15) is 35.1 Å². The van der Waals surface area contributed by atoms with Crippen LogP contribution in [0.2, 0.25) is 0 Å². The van der Waals surface area contributed by atoms with Gasteiger partial charge >= 0.3 is 0 Å². The van der Waals surface area contributed by atoms with E-state index >= 15 is 0 Å². The van der Waals surface area contributed by atoms with E-state index in [1.165, 1.54) is 11.3 Å². The second kappa shape index (κ2) is 7.78. The third-order valence-corrected chi connectivity index (χ3v) is 5.64. The molecule has 1 aromatic carbocycles. The Balaban J connectivity index is 1.77. The molecule has 2 aromatic rings. The lowest BCUT2D eigenvalue weighted by Crippen LogP contribution is -2.45. The van der Waals surface area contributed by atoms with Gasteiger partial charge in [0.1, 0.15) is 9.88 Å². The molecule has 1 aliphatic heterocycles. The van der Waals surface area contributed by atoms with E-state index in [-0.39, 0.29) is 17.7 Å². The van der Waals surface area contributed by atoms with Gasteiger partial charge in [-0.25, -0.2) is 4.98 Å². The van der Waals surface area contributed by atoms with E-state index in [0.29, 0.717) is 24.5 Å². The minimum absolute atomic E-state index is 0.00817. The molecular formula is C19H23N3O2S. The average molecular weight is 357 g/mol. The number of carbonyl (C=O) groups is 2. The first-order valence-electron chi connectivity index (χ1n) is 8.70. The summed E-state index contributed by atoms with van der Waals surface area (Å²) in [5, 5.41) is 3.72. The van der Waals surface area contributed by atoms with Gasteiger partial charge in [0.25, 0.3) is 5.91 Å². The third-order valence-electron chi connectivity index (χ3n) is 4.44. The molecule has 5 nitrogen and oxygen atoms in total. The van der Waals surface area contributed by atoms with Crippen LogP contribution in [0.4, 0.5) is 0 Å². The highest BCUT2D eigenvalue weighted by molar-refractivity contribution is 7.17. The maximum Gasteiger partial charge on any atom is 0.265 e. The van der Waals surface area contributed by atoms with Gasteiger partial charge in [-0.1, -0.05) is 30.3 Å². The summed E-state index contributed by atoms with van der Waals surface area (Å²) >= 11 is 1.43. The standard InChI is InChI=1S/C19H23N3O2S/c1-3-20-17(23)15-10-7-11-22(12-15)19(24)16-13(2)21-18(25-16)14-8-5-4-6-9-14/h4-6,8-9,15H,3,7,10-12H2,1-2H3,(H,20,23). The summed E-state index contributed by atoms with van der Waals surface area (Å²) in [6.45, 7) is 5.60. The van der Waals surface area contributed by atoms with Crippen LogP contribution in [-0.2, 0) is 4.79 Å². The first-order chi connectivity index (χ1) is 12.1. The monoisotopic (exact) mass is 357 g/mol. The van der Waals surface area contributed by atoms with Crippen molar-refractivity contribution >= 4 is 23.2 Å². The molecule has 1 saturated heterocycles. The fourth-order valence-corrected chi connectivity index (χ4v) is 4.18. The molecule has 1 atom stereocenters. The lowest BCUT2D eigenvalue weighted by Gasteiger charge is -2.31. The SMILES string of the molecule is CCNC(=O)C1CCCN(C(=O)c2sc(-c3ccccc3)nc2C)C1. The zero-order chi connectivity index (χ0) is 17.8. The predicted molar refractivity (Wildman–Crippen MR) is 99.6 cm³/mol. The predicted octanol–water partition coefficient (Wildman–Crippen LogP) is 3.11. The second-order valence-corrected chi connectivity index (χ2v) is 7.28. The Morgan fingerprint density at radius 3 is 2.80 bits per heavy atom. The Morgan fingerprint density at radius 1 is 1.32 bits per heavy atom. The molecule has 2 amide bonds. The van der Waals surface area contributed by atoms with Crippen LogP contribution in [0, 0.1) is 12.8 Å². The van der Waals surface area contributed by atoms with Crippen LogP contribution in [0.15, 0.2) is 30.3 Å². The molecule has 6 heteroatoms. The molecule has 0 aliphatic carbocycles. The van der Waals surface area contributed by atoms with Crippen molar-refractivity contribution in [2.24, 2.45) is 5.92 Å². The molecule has 1 aromatic heterocycles. The van der Waals surface area contributed by atoms with Crippen molar-refractivity contribution < 1.29 is 9.59 Å². The van der Waals surface area contributed by atoms with Gasteiger partial charge in [0.05, 0.1) is 11.6 Å². The molecule has 0 bridgehead atoms. The van der Waals surface area contributed by atoms with Crippen LogP contribution in [0.25, 0.3) is 10.6 Å². The van der Waals surface area contributed by atoms with E-state index in [0.717, 1.165) is 29.1 Å². The molecule has 25 heavy (non-hydrogen) atoms. The second-order valence-electron chi connectivity index (χ2n) is 6.28. The molecular weight excluding hydrogens is 334 g/mol. The Bertz CT molecular complexity index is 757. The van der Waals surface area contributed by atoms with Gasteiger partial charge in [0.2, 0.25) is 5.91 Å². The van der Waals surface area contributed by atoms with E-state index < -0.39 is 0 Å². The maximum absolute atomic E-state index is 13.0. The number of likely N-dealkylation sites (tertiary alicyclic amines) is 1. The van der Waals surface area contributed by atoms with Gasteiger partial charge in [-0.2, -0.15) is 0 Å². The molecule has 0 radical (unpaired) electrons. The molecule has 2 heterocycles. The van der Waals surface area contributed by atoms with Crippen LogP contribution in [0.5, 0.6) is 0 Å². The zero-order valence-electron chi connectivity index (χ0n) is 14.6. The summed E-state index contributed by atoms with van der Waals surface area (Å²) in [6.07, 6.45) is 1.70. The zero-order valence-corrected chi connectivity index (χ0v) is 15.4. The minimum atomic E-state index is -0.112. The van der Waals surface area contributed by atoms with Crippen LogP contribution in [0.3, 0.4) is 0 Å². The summed E-state index contributed by atoms with van der Waals surface area (Å²) < 4.78 is 0. The van der Waals surface area contributed by atoms with Crippen LogP contribution < -0.4 is 5.32 Å². The normalized spacial score (nSPS) is 17.4. The van der Waals surface area contributed by atoms with Crippen LogP contribution >= 0.6 is 11.3 Å². The van der Waals surface area contributed by atoms with Crippen molar-refractivity contribution in [1.29, 1.82) is 0 Å². The van der Waals surface area contributed by atoms with Crippen molar-refractivity contribution in [3.8, 4) is 10.6 Å². The molecule has 0 saturated carbocycles. The Labute approximate surface area is 152 Å². The molecule has 3 rings (SSSR count). The third kappa shape index (κ3) is 3.90. The topological polar surface area (TPSA) is 62.3 Å². The smallest absolute Gasteiger partial charge is 0.265 e. The average Bonchev–Trinajstić information content (AvgIpc) is 3.04. The summed E-state index contributed by atoms with van der Waals surface area (Å²) in [4.78, 5) is 32.1. The summed E-state index contributed by atoms with van der Waals surface area (Å²) in [7, 11) is 0. The molecule has 1 N–H and O–H groups in total. The van der Waals surface area contributed by atoms with Crippen molar-refractivity contribution in [1.82, 2.24) is 15.2 Å². The largest absolute Gasteiger partial charge is 0.356 e. The highest BCUT2D eigenvalue weighted by atomic mass is 32.1. The number of rotatable bonds is 4. The molecule has 1 aliphatic rings. The number of nitrogens with zero attached hydrogens (tertiary/aromatic N) is 2. The maximum atomic E-state index is 13.0. The minimum Gasteiger partial charge on any atom is -0.356 e. The lowest BCUT2D eigenvalue weighted by atomic mass is 9.97. The Hall–Kier alpha value is -2.21. The number of aryl methyl sites for hydroxylation is 1. The number of thiazole rings is 1. The summed E-state index contributed by atoms with van der Waals surface area (Å²) in [5.41, 5.74) is 1.78. The number of amides is 2. The first kappa shape index (κ1) is 17.6. The molecule has 0 spiro atoms. The van der Waals surface area contributed by atoms with Gasteiger partial charge in [-0.05, 0) is 26.7 Å². The number of carbonyl (C=O) groups excluding carboxylic acids is 2. The molecule has 1 fully saturated rings.